The number of aromatic hydroxyl groups is 1. The number of phenolic OH excluding ortho intramolecular Hbond substituents is 1. The summed E-state index contributed by atoms with van der Waals surface area (Å²) in [6.07, 6.45) is 5.17. The van der Waals surface area contributed by atoms with Crippen molar-refractivity contribution in [3.05, 3.63) is 40.0 Å². The fourth-order valence-electron chi connectivity index (χ4n) is 5.11. The molecule has 1 N–H and O–H groups in total. The first-order valence-corrected chi connectivity index (χ1v) is 11.3. The number of ether oxygens (including phenoxy) is 1. The molecule has 4 nitrogen and oxygen atoms in total. The maximum atomic E-state index is 12.9. The molecule has 0 saturated heterocycles. The van der Waals surface area contributed by atoms with Crippen LogP contribution in [0.15, 0.2) is 23.3 Å². The van der Waals surface area contributed by atoms with E-state index in [1.165, 1.54) is 12.8 Å². The Bertz CT molecular complexity index is 847. The lowest BCUT2D eigenvalue weighted by Crippen LogP contribution is -2.43. The van der Waals surface area contributed by atoms with Gasteiger partial charge in [0, 0.05) is 23.3 Å². The summed E-state index contributed by atoms with van der Waals surface area (Å²) in [4.78, 5) is 24.8. The molecule has 0 amide bonds. The quantitative estimate of drug-likeness (QED) is 0.668. The van der Waals surface area contributed by atoms with Crippen molar-refractivity contribution in [2.75, 3.05) is 6.61 Å². The number of hydrogen-bond donors (Lipinski definition) is 1. The van der Waals surface area contributed by atoms with Crippen LogP contribution in [0.4, 0.5) is 0 Å². The zero-order valence-corrected chi connectivity index (χ0v) is 18.4. The van der Waals surface area contributed by atoms with Gasteiger partial charge in [-0.25, -0.2) is 4.79 Å². The van der Waals surface area contributed by atoms with Gasteiger partial charge in [-0.15, -0.1) is 0 Å². The van der Waals surface area contributed by atoms with E-state index in [1.807, 2.05) is 33.8 Å². The number of cyclic esters (lactones) is 1. The second-order valence-corrected chi connectivity index (χ2v) is 8.32. The minimum atomic E-state index is -0.217. The molecule has 2 atom stereocenters. The molecule has 158 valence electrons. The SMILES string of the molecule is CC.CC.CC12CCC3=C(COC3=O)C1CC(=O)c1c2ccc(CC2CC2)c1O. The van der Waals surface area contributed by atoms with Gasteiger partial charge < -0.3 is 9.84 Å². The molecule has 0 radical (unpaired) electrons. The van der Waals surface area contributed by atoms with Gasteiger partial charge in [0.1, 0.15) is 12.4 Å². The number of ketones is 1. The van der Waals surface area contributed by atoms with Crippen LogP contribution < -0.4 is 0 Å². The van der Waals surface area contributed by atoms with Gasteiger partial charge in [-0.1, -0.05) is 46.8 Å². The lowest BCUT2D eigenvalue weighted by molar-refractivity contribution is -0.136. The summed E-state index contributed by atoms with van der Waals surface area (Å²) >= 11 is 0. The first kappa shape index (κ1) is 21.6. The topological polar surface area (TPSA) is 63.6 Å². The van der Waals surface area contributed by atoms with Crippen molar-refractivity contribution in [1.82, 2.24) is 0 Å². The molecule has 2 unspecified atom stereocenters. The molecule has 5 rings (SSSR count). The molecule has 1 aromatic rings. The summed E-state index contributed by atoms with van der Waals surface area (Å²) in [5.41, 5.74) is 3.98. The van der Waals surface area contributed by atoms with E-state index in [1.54, 1.807) is 0 Å². The van der Waals surface area contributed by atoms with E-state index in [-0.39, 0.29) is 28.8 Å². The van der Waals surface area contributed by atoms with Crippen molar-refractivity contribution in [2.45, 2.75) is 78.6 Å². The fraction of sp³-hybridized carbons (Fsp3) is 0.600. The van der Waals surface area contributed by atoms with Gasteiger partial charge in [-0.3, -0.25) is 4.79 Å². The van der Waals surface area contributed by atoms with Gasteiger partial charge in [-0.05, 0) is 54.7 Å². The second kappa shape index (κ2) is 8.33. The van der Waals surface area contributed by atoms with Crippen molar-refractivity contribution in [3.63, 3.8) is 0 Å². The third-order valence-corrected chi connectivity index (χ3v) is 6.83. The smallest absolute Gasteiger partial charge is 0.334 e. The van der Waals surface area contributed by atoms with E-state index >= 15 is 0 Å². The number of carbonyl (C=O) groups excluding carboxylic acids is 2. The van der Waals surface area contributed by atoms with Gasteiger partial charge in [-0.2, -0.15) is 0 Å². The largest absolute Gasteiger partial charge is 0.507 e. The molecule has 1 aromatic carbocycles. The number of hydrogen-bond acceptors (Lipinski definition) is 4. The standard InChI is InChI=1S/C21H22O4.2C2H6/c1-21-7-6-13-14(10-25-20(13)24)16(21)9-17(22)18-15(21)5-4-12(19(18)23)8-11-2-3-11;2*1-2/h4-5,11,16,23H,2-3,6-10H2,1H3;2*1-2H3. The van der Waals surface area contributed by atoms with Gasteiger partial charge in [0.2, 0.25) is 0 Å². The molecule has 4 aliphatic rings. The Balaban J connectivity index is 0.000000568. The van der Waals surface area contributed by atoms with Crippen molar-refractivity contribution in [3.8, 4) is 5.75 Å². The lowest BCUT2D eigenvalue weighted by Gasteiger charge is -2.46. The number of esters is 1. The van der Waals surface area contributed by atoms with Crippen LogP contribution in [0.2, 0.25) is 0 Å². The second-order valence-electron chi connectivity index (χ2n) is 8.32. The van der Waals surface area contributed by atoms with Crippen molar-refractivity contribution in [1.29, 1.82) is 0 Å². The molecular formula is C25H34O4. The summed E-state index contributed by atoms with van der Waals surface area (Å²) in [6.45, 7) is 10.5. The van der Waals surface area contributed by atoms with Crippen LogP contribution in [-0.2, 0) is 21.4 Å². The normalized spacial score (nSPS) is 26.9. The van der Waals surface area contributed by atoms with Crippen LogP contribution in [0.25, 0.3) is 0 Å². The number of carbonyl (C=O) groups is 2. The Hall–Kier alpha value is -2.10. The highest BCUT2D eigenvalue weighted by Gasteiger charge is 2.51. The molecule has 0 bridgehead atoms. The summed E-state index contributed by atoms with van der Waals surface area (Å²) in [7, 11) is 0. The van der Waals surface area contributed by atoms with Gasteiger partial charge in [0.15, 0.2) is 5.78 Å². The Kier molecular flexibility index (Phi) is 6.21. The number of benzene rings is 1. The van der Waals surface area contributed by atoms with E-state index in [0.29, 0.717) is 30.9 Å². The molecule has 0 spiro atoms. The zero-order chi connectivity index (χ0) is 21.3. The monoisotopic (exact) mass is 398 g/mol. The molecule has 1 heterocycles. The summed E-state index contributed by atoms with van der Waals surface area (Å²) < 4.78 is 5.24. The molecule has 0 aromatic heterocycles. The first-order chi connectivity index (χ1) is 14.0. The van der Waals surface area contributed by atoms with Crippen molar-refractivity contribution < 1.29 is 19.4 Å². The lowest BCUT2D eigenvalue weighted by atomic mass is 9.56. The van der Waals surface area contributed by atoms with Crippen LogP contribution in [0, 0.1) is 11.8 Å². The Morgan fingerprint density at radius 3 is 2.48 bits per heavy atom. The summed E-state index contributed by atoms with van der Waals surface area (Å²) in [5, 5.41) is 10.8. The summed E-state index contributed by atoms with van der Waals surface area (Å²) in [6, 6.07) is 4.06. The van der Waals surface area contributed by atoms with Crippen LogP contribution in [0.5, 0.6) is 5.75 Å². The molecule has 1 aliphatic heterocycles. The van der Waals surface area contributed by atoms with Gasteiger partial charge >= 0.3 is 5.97 Å². The Morgan fingerprint density at radius 2 is 1.83 bits per heavy atom. The van der Waals surface area contributed by atoms with E-state index in [4.69, 9.17) is 4.74 Å². The third-order valence-electron chi connectivity index (χ3n) is 6.83. The average Bonchev–Trinajstić information content (AvgIpc) is 3.48. The highest BCUT2D eigenvalue weighted by molar-refractivity contribution is 6.03. The number of Topliss-reactive ketones (excluding diaryl/α,β-unsaturated/α-hetero) is 1. The van der Waals surface area contributed by atoms with Crippen LogP contribution in [0.1, 0.15) is 88.2 Å². The van der Waals surface area contributed by atoms with Crippen LogP contribution >= 0.6 is 0 Å². The fourth-order valence-corrected chi connectivity index (χ4v) is 5.11. The van der Waals surface area contributed by atoms with Gasteiger partial charge in [0.25, 0.3) is 0 Å². The van der Waals surface area contributed by atoms with Crippen molar-refractivity contribution in [2.24, 2.45) is 11.8 Å². The van der Waals surface area contributed by atoms with E-state index in [0.717, 1.165) is 35.1 Å². The van der Waals surface area contributed by atoms with E-state index in [2.05, 4.69) is 13.0 Å². The molecule has 1 fully saturated rings. The van der Waals surface area contributed by atoms with Gasteiger partial charge in [0.05, 0.1) is 5.56 Å². The number of phenols is 1. The zero-order valence-electron chi connectivity index (χ0n) is 18.4. The van der Waals surface area contributed by atoms with Crippen LogP contribution in [-0.4, -0.2) is 23.5 Å². The first-order valence-electron chi connectivity index (χ1n) is 11.3. The Morgan fingerprint density at radius 1 is 1.14 bits per heavy atom. The minimum absolute atomic E-state index is 0.000668. The van der Waals surface area contributed by atoms with E-state index < -0.39 is 0 Å². The maximum absolute atomic E-state index is 12.9. The summed E-state index contributed by atoms with van der Waals surface area (Å²) in [5.74, 6) is 0.664. The molecule has 1 saturated carbocycles. The maximum Gasteiger partial charge on any atom is 0.334 e. The number of rotatable bonds is 2. The highest BCUT2D eigenvalue weighted by atomic mass is 16.5. The minimum Gasteiger partial charge on any atom is -0.507 e. The third kappa shape index (κ3) is 3.51. The molecule has 29 heavy (non-hydrogen) atoms. The van der Waals surface area contributed by atoms with Crippen molar-refractivity contribution >= 4 is 11.8 Å². The number of fused-ring (bicyclic) bond motifs is 4. The molecular weight excluding hydrogens is 364 g/mol. The Labute approximate surface area is 174 Å². The molecule has 4 heteroatoms. The van der Waals surface area contributed by atoms with E-state index in [9.17, 15) is 14.7 Å². The average molecular weight is 399 g/mol. The molecule has 3 aliphatic carbocycles. The highest BCUT2D eigenvalue weighted by Crippen LogP contribution is 2.55. The van der Waals surface area contributed by atoms with Crippen LogP contribution in [0.3, 0.4) is 0 Å². The predicted octanol–water partition coefficient (Wildman–Crippen LogP) is 5.50. The predicted molar refractivity (Wildman–Crippen MR) is 114 cm³/mol.